The number of carbonyl (C=O) groups excluding carboxylic acids is 1. The highest BCUT2D eigenvalue weighted by Gasteiger charge is 2.39. The van der Waals surface area contributed by atoms with E-state index in [1.165, 1.54) is 24.3 Å². The lowest BCUT2D eigenvalue weighted by molar-refractivity contribution is -0.272. The van der Waals surface area contributed by atoms with Crippen LogP contribution in [0.15, 0.2) is 35.1 Å². The van der Waals surface area contributed by atoms with Crippen LogP contribution in [0.3, 0.4) is 0 Å². The maximum Gasteiger partial charge on any atom is 0.435 e. The molecule has 1 heterocycles. The smallest absolute Gasteiger partial charge is 0.435 e. The van der Waals surface area contributed by atoms with E-state index in [4.69, 9.17) is 0 Å². The molecule has 116 valence electrons. The molecule has 0 unspecified atom stereocenters. The second-order valence-corrected chi connectivity index (χ2v) is 4.09. The first-order chi connectivity index (χ1) is 10.3. The Hall–Kier alpha value is -2.84. The first kappa shape index (κ1) is 15.5. The molecule has 0 amide bonds. The molecule has 9 heteroatoms. The van der Waals surface area contributed by atoms with Crippen LogP contribution in [0.5, 0.6) is 5.75 Å². The Balaban J connectivity index is 2.84. The average Bonchev–Trinajstić information content (AvgIpc) is 2.48. The van der Waals surface area contributed by atoms with Crippen molar-refractivity contribution in [3.8, 4) is 11.4 Å². The lowest BCUT2D eigenvalue weighted by Crippen LogP contribution is -2.32. The van der Waals surface area contributed by atoms with Gasteiger partial charge in [0.25, 0.3) is 5.56 Å². The van der Waals surface area contributed by atoms with Gasteiger partial charge in [0, 0.05) is 0 Å². The van der Waals surface area contributed by atoms with Crippen LogP contribution in [0.1, 0.15) is 16.1 Å². The number of rotatable bonds is 2. The third kappa shape index (κ3) is 2.65. The molecule has 0 bridgehead atoms. The zero-order valence-corrected chi connectivity index (χ0v) is 11.0. The SMILES string of the molecule is COC(=O)c1c(C(F)(F)F)nn(-c2ccccc2)c(=O)c1[O-]. The van der Waals surface area contributed by atoms with Crippen LogP contribution in [0.2, 0.25) is 0 Å². The van der Waals surface area contributed by atoms with Crippen molar-refractivity contribution in [1.29, 1.82) is 0 Å². The van der Waals surface area contributed by atoms with Crippen molar-refractivity contribution in [1.82, 2.24) is 9.78 Å². The van der Waals surface area contributed by atoms with E-state index in [1.54, 1.807) is 6.07 Å². The van der Waals surface area contributed by atoms with Gasteiger partial charge in [-0.1, -0.05) is 18.2 Å². The first-order valence-corrected chi connectivity index (χ1v) is 5.82. The summed E-state index contributed by atoms with van der Waals surface area (Å²) in [6.45, 7) is 0. The molecular weight excluding hydrogens is 305 g/mol. The van der Waals surface area contributed by atoms with Crippen molar-refractivity contribution in [2.75, 3.05) is 7.11 Å². The van der Waals surface area contributed by atoms with Crippen molar-refractivity contribution in [2.45, 2.75) is 6.18 Å². The van der Waals surface area contributed by atoms with Crippen LogP contribution >= 0.6 is 0 Å². The van der Waals surface area contributed by atoms with Gasteiger partial charge in [0.05, 0.1) is 18.4 Å². The van der Waals surface area contributed by atoms with Gasteiger partial charge in [0.15, 0.2) is 5.69 Å². The number of alkyl halides is 3. The number of para-hydroxylation sites is 1. The Kier molecular flexibility index (Phi) is 3.89. The van der Waals surface area contributed by atoms with E-state index in [-0.39, 0.29) is 5.69 Å². The summed E-state index contributed by atoms with van der Waals surface area (Å²) >= 11 is 0. The molecule has 22 heavy (non-hydrogen) atoms. The second-order valence-electron chi connectivity index (χ2n) is 4.09. The zero-order valence-electron chi connectivity index (χ0n) is 11.0. The molecule has 0 atom stereocenters. The minimum Gasteiger partial charge on any atom is -0.868 e. The average molecular weight is 313 g/mol. The van der Waals surface area contributed by atoms with E-state index < -0.39 is 34.7 Å². The van der Waals surface area contributed by atoms with E-state index in [9.17, 15) is 27.9 Å². The number of aromatic nitrogens is 2. The van der Waals surface area contributed by atoms with Crippen LogP contribution < -0.4 is 10.7 Å². The maximum absolute atomic E-state index is 13.0. The molecule has 0 saturated heterocycles. The molecular formula is C13H8F3N2O4-. The fourth-order valence-electron chi connectivity index (χ4n) is 1.74. The molecule has 0 aliphatic heterocycles. The summed E-state index contributed by atoms with van der Waals surface area (Å²) < 4.78 is 43.5. The van der Waals surface area contributed by atoms with Crippen molar-refractivity contribution in [3.63, 3.8) is 0 Å². The molecule has 6 nitrogen and oxygen atoms in total. The number of hydrogen-bond acceptors (Lipinski definition) is 5. The van der Waals surface area contributed by atoms with Crippen molar-refractivity contribution in [2.24, 2.45) is 0 Å². The molecule has 0 N–H and O–H groups in total. The zero-order chi connectivity index (χ0) is 16.5. The Bertz CT molecular complexity index is 769. The highest BCUT2D eigenvalue weighted by Crippen LogP contribution is 2.32. The van der Waals surface area contributed by atoms with Gasteiger partial charge in [-0.25, -0.2) is 4.79 Å². The standard InChI is InChI=1S/C13H9F3N2O4/c1-22-12(21)8-9(19)11(20)18(7-5-3-2-4-6-7)17-10(8)13(14,15)16/h2-6,19H,1H3/p-1. The quantitative estimate of drug-likeness (QED) is 0.776. The molecule has 0 aliphatic carbocycles. The summed E-state index contributed by atoms with van der Waals surface area (Å²) in [5, 5.41) is 15.0. The van der Waals surface area contributed by atoms with E-state index >= 15 is 0 Å². The van der Waals surface area contributed by atoms with Gasteiger partial charge in [-0.3, -0.25) is 4.79 Å². The third-order valence-electron chi connectivity index (χ3n) is 2.71. The molecule has 0 spiro atoms. The topological polar surface area (TPSA) is 84.2 Å². The fourth-order valence-corrected chi connectivity index (χ4v) is 1.74. The molecule has 2 rings (SSSR count). The molecule has 0 aliphatic rings. The minimum atomic E-state index is -5.10. The maximum atomic E-state index is 13.0. The van der Waals surface area contributed by atoms with Crippen LogP contribution in [-0.2, 0) is 10.9 Å². The lowest BCUT2D eigenvalue weighted by atomic mass is 10.2. The molecule has 2 aromatic rings. The Labute approximate surface area is 121 Å². The van der Waals surface area contributed by atoms with Crippen molar-refractivity contribution < 1.29 is 27.8 Å². The van der Waals surface area contributed by atoms with E-state index in [1.807, 2.05) is 0 Å². The highest BCUT2D eigenvalue weighted by atomic mass is 19.4. The number of halogens is 3. The van der Waals surface area contributed by atoms with Crippen LogP contribution in [0, 0.1) is 0 Å². The molecule has 0 saturated carbocycles. The number of ether oxygens (including phenoxy) is 1. The molecule has 0 radical (unpaired) electrons. The molecule has 1 aromatic carbocycles. The largest absolute Gasteiger partial charge is 0.868 e. The predicted octanol–water partition coefficient (Wildman–Crippen LogP) is 1.11. The van der Waals surface area contributed by atoms with Gasteiger partial charge >= 0.3 is 12.1 Å². The van der Waals surface area contributed by atoms with Crippen LogP contribution in [0.4, 0.5) is 13.2 Å². The summed E-state index contributed by atoms with van der Waals surface area (Å²) in [4.78, 5) is 23.3. The summed E-state index contributed by atoms with van der Waals surface area (Å²) in [7, 11) is 0.796. The summed E-state index contributed by atoms with van der Waals surface area (Å²) in [6, 6.07) is 7.07. The predicted molar refractivity (Wildman–Crippen MR) is 65.6 cm³/mol. The second kappa shape index (κ2) is 5.51. The first-order valence-electron chi connectivity index (χ1n) is 5.82. The summed E-state index contributed by atoms with van der Waals surface area (Å²) in [6.07, 6.45) is -5.10. The number of benzene rings is 1. The van der Waals surface area contributed by atoms with Gasteiger partial charge in [-0.15, -0.1) is 0 Å². The molecule has 1 aromatic heterocycles. The Morgan fingerprint density at radius 1 is 1.27 bits per heavy atom. The van der Waals surface area contributed by atoms with Crippen molar-refractivity contribution in [3.05, 3.63) is 51.9 Å². The number of nitrogens with zero attached hydrogens (tertiary/aromatic N) is 2. The summed E-state index contributed by atoms with van der Waals surface area (Å²) in [5.41, 5.74) is -4.61. The van der Waals surface area contributed by atoms with Gasteiger partial charge in [-0.05, 0) is 17.9 Å². The minimum absolute atomic E-state index is 0.0356. The fraction of sp³-hybridized carbons (Fsp3) is 0.154. The van der Waals surface area contributed by atoms with Gasteiger partial charge in [-0.2, -0.15) is 23.0 Å². The number of methoxy groups -OCH3 is 1. The van der Waals surface area contributed by atoms with Crippen LogP contribution in [-0.4, -0.2) is 22.9 Å². The summed E-state index contributed by atoms with van der Waals surface area (Å²) in [5.74, 6) is -3.19. The van der Waals surface area contributed by atoms with Gasteiger partial charge in [0.2, 0.25) is 0 Å². The van der Waals surface area contributed by atoms with E-state index in [2.05, 4.69) is 9.84 Å². The number of esters is 1. The number of carbonyl (C=O) groups is 1. The van der Waals surface area contributed by atoms with Gasteiger partial charge in [0.1, 0.15) is 0 Å². The Morgan fingerprint density at radius 2 is 1.86 bits per heavy atom. The highest BCUT2D eigenvalue weighted by molar-refractivity contribution is 5.93. The number of hydrogen-bond donors (Lipinski definition) is 0. The van der Waals surface area contributed by atoms with Crippen molar-refractivity contribution >= 4 is 5.97 Å². The molecule has 0 fully saturated rings. The monoisotopic (exact) mass is 313 g/mol. The third-order valence-corrected chi connectivity index (χ3v) is 2.71. The van der Waals surface area contributed by atoms with Crippen LogP contribution in [0.25, 0.3) is 5.69 Å². The van der Waals surface area contributed by atoms with E-state index in [0.29, 0.717) is 4.68 Å². The van der Waals surface area contributed by atoms with Gasteiger partial charge < -0.3 is 9.84 Å². The lowest BCUT2D eigenvalue weighted by Gasteiger charge is -2.18. The normalized spacial score (nSPS) is 11.3. The Morgan fingerprint density at radius 3 is 2.36 bits per heavy atom. The van der Waals surface area contributed by atoms with E-state index in [0.717, 1.165) is 7.11 Å².